The molecule has 5 rings (SSSR count). The van der Waals surface area contributed by atoms with Crippen molar-refractivity contribution >= 4 is 44.6 Å². The predicted molar refractivity (Wildman–Crippen MR) is 156 cm³/mol. The van der Waals surface area contributed by atoms with Gasteiger partial charge in [0.25, 0.3) is 11.5 Å². The summed E-state index contributed by atoms with van der Waals surface area (Å²) >= 11 is 3.47. The normalized spacial score (nSPS) is 11.1. The smallest absolute Gasteiger partial charge is 0.282 e. The molecule has 0 saturated carbocycles. The molecule has 0 aliphatic carbocycles. The second kappa shape index (κ2) is 11.9. The highest BCUT2D eigenvalue weighted by Gasteiger charge is 2.15. The third kappa shape index (κ3) is 5.92. The van der Waals surface area contributed by atoms with Gasteiger partial charge in [0.05, 0.1) is 28.7 Å². The van der Waals surface area contributed by atoms with Gasteiger partial charge in [0.2, 0.25) is 0 Å². The van der Waals surface area contributed by atoms with E-state index in [1.54, 1.807) is 30.3 Å². The average Bonchev–Trinajstić information content (AvgIpc) is 2.97. The lowest BCUT2D eigenvalue weighted by Gasteiger charge is -2.14. The Balaban J connectivity index is 1.42. The largest absolute Gasteiger partial charge is 0.493 e. The zero-order valence-electron chi connectivity index (χ0n) is 21.2. The molecule has 0 spiro atoms. The quantitative estimate of drug-likeness (QED) is 0.225. The van der Waals surface area contributed by atoms with Crippen molar-refractivity contribution in [3.8, 4) is 22.9 Å². The molecule has 1 aromatic heterocycles. The number of methoxy groups -OCH3 is 1. The topological polar surface area (TPSA) is 94.8 Å². The van der Waals surface area contributed by atoms with Crippen molar-refractivity contribution in [2.75, 3.05) is 19.0 Å². The molecule has 200 valence electrons. The molecule has 0 atom stereocenters. The minimum atomic E-state index is -0.428. The lowest BCUT2D eigenvalue weighted by molar-refractivity contribution is -0.118. The summed E-state index contributed by atoms with van der Waals surface area (Å²) in [6, 6.07) is 25.3. The zero-order valence-corrected chi connectivity index (χ0v) is 22.8. The first-order chi connectivity index (χ1) is 19.4. The number of halogens is 2. The minimum absolute atomic E-state index is 0.307. The lowest BCUT2D eigenvalue weighted by atomic mass is 10.2. The molecule has 0 bridgehead atoms. The van der Waals surface area contributed by atoms with Crippen LogP contribution in [0.3, 0.4) is 0 Å². The van der Waals surface area contributed by atoms with Crippen LogP contribution in [0, 0.1) is 5.82 Å². The zero-order chi connectivity index (χ0) is 28.1. The number of aromatic nitrogens is 2. The number of hydrogen-bond acceptors (Lipinski definition) is 6. The van der Waals surface area contributed by atoms with Crippen molar-refractivity contribution in [1.29, 1.82) is 0 Å². The summed E-state index contributed by atoms with van der Waals surface area (Å²) in [5.41, 5.74) is 2.06. The third-order valence-corrected chi connectivity index (χ3v) is 6.42. The van der Waals surface area contributed by atoms with E-state index in [1.807, 2.05) is 36.4 Å². The maximum Gasteiger partial charge on any atom is 0.282 e. The molecule has 0 fully saturated rings. The number of amides is 1. The van der Waals surface area contributed by atoms with Gasteiger partial charge in [0.15, 0.2) is 23.9 Å². The highest BCUT2D eigenvalue weighted by Crippen LogP contribution is 2.36. The Labute approximate surface area is 236 Å². The van der Waals surface area contributed by atoms with E-state index < -0.39 is 11.7 Å². The Kier molecular flexibility index (Phi) is 7.97. The Morgan fingerprint density at radius 2 is 1.77 bits per heavy atom. The molecule has 1 heterocycles. The van der Waals surface area contributed by atoms with Gasteiger partial charge in [-0.15, -0.1) is 0 Å². The summed E-state index contributed by atoms with van der Waals surface area (Å²) in [6.07, 6.45) is 1.52. The molecule has 1 amide bonds. The molecule has 5 aromatic rings. The number of nitrogens with one attached hydrogen (secondary N) is 1. The summed E-state index contributed by atoms with van der Waals surface area (Å²) in [6.45, 7) is -0.307. The van der Waals surface area contributed by atoms with Gasteiger partial charge in [-0.3, -0.25) is 9.59 Å². The lowest BCUT2D eigenvalue weighted by Crippen LogP contribution is -2.20. The molecule has 0 unspecified atom stereocenters. The number of carbonyl (C=O) groups excluding carboxylic acids is 1. The average molecular weight is 601 g/mol. The van der Waals surface area contributed by atoms with Gasteiger partial charge in [-0.05, 0) is 70.0 Å². The number of fused-ring (bicyclic) bond motifs is 1. The molecule has 1 N–H and O–H groups in total. The fourth-order valence-electron chi connectivity index (χ4n) is 3.95. The van der Waals surface area contributed by atoms with E-state index in [2.05, 4.69) is 26.3 Å². The van der Waals surface area contributed by atoms with Crippen LogP contribution in [0.2, 0.25) is 0 Å². The fourth-order valence-corrected chi connectivity index (χ4v) is 4.53. The highest BCUT2D eigenvalue weighted by molar-refractivity contribution is 9.10. The Morgan fingerprint density at radius 1 is 1.05 bits per heavy atom. The van der Waals surface area contributed by atoms with Crippen LogP contribution in [0.15, 0.2) is 105 Å². The summed E-state index contributed by atoms with van der Waals surface area (Å²) < 4.78 is 26.1. The first kappa shape index (κ1) is 26.8. The van der Waals surface area contributed by atoms with E-state index in [0.717, 1.165) is 5.56 Å². The molecule has 8 nitrogen and oxygen atoms in total. The van der Waals surface area contributed by atoms with Crippen molar-refractivity contribution in [3.05, 3.63) is 117 Å². The van der Waals surface area contributed by atoms with Crippen molar-refractivity contribution in [3.63, 3.8) is 0 Å². The van der Waals surface area contributed by atoms with Gasteiger partial charge in [0.1, 0.15) is 5.82 Å². The van der Waals surface area contributed by atoms with E-state index in [4.69, 9.17) is 14.5 Å². The second-order valence-corrected chi connectivity index (χ2v) is 9.41. The van der Waals surface area contributed by atoms with Gasteiger partial charge >= 0.3 is 0 Å². The number of carbonyl (C=O) groups is 1. The standard InChI is InChI=1S/C30H22BrFN4O4/c1-39-26-16-19(15-24(31)28(26)40-18-27(37)34-22-13-11-21(32)12-14-22)17-33-36-29(20-7-3-2-4-8-20)35-25-10-6-5-9-23(25)30(36)38/h2-17H,18H2,1H3,(H,34,37). The van der Waals surface area contributed by atoms with E-state index >= 15 is 0 Å². The predicted octanol–water partition coefficient (Wildman–Crippen LogP) is 5.87. The molecular formula is C30H22BrFN4O4. The van der Waals surface area contributed by atoms with Crippen LogP contribution < -0.4 is 20.3 Å². The van der Waals surface area contributed by atoms with Crippen molar-refractivity contribution in [1.82, 2.24) is 9.66 Å². The van der Waals surface area contributed by atoms with Gasteiger partial charge in [-0.25, -0.2) is 9.37 Å². The molecule has 40 heavy (non-hydrogen) atoms. The van der Waals surface area contributed by atoms with Crippen LogP contribution in [0.4, 0.5) is 10.1 Å². The SMILES string of the molecule is COc1cc(C=Nn2c(-c3ccccc3)nc3ccccc3c2=O)cc(Br)c1OCC(=O)Nc1ccc(F)cc1. The van der Waals surface area contributed by atoms with Crippen LogP contribution in [0.1, 0.15) is 5.56 Å². The number of para-hydroxylation sites is 1. The molecule has 4 aromatic carbocycles. The molecule has 0 aliphatic rings. The molecule has 0 aliphatic heterocycles. The highest BCUT2D eigenvalue weighted by atomic mass is 79.9. The van der Waals surface area contributed by atoms with Crippen LogP contribution in [-0.4, -0.2) is 35.5 Å². The van der Waals surface area contributed by atoms with Gasteiger partial charge in [-0.1, -0.05) is 42.5 Å². The summed E-state index contributed by atoms with van der Waals surface area (Å²) in [7, 11) is 1.47. The number of hydrogen-bond donors (Lipinski definition) is 1. The third-order valence-electron chi connectivity index (χ3n) is 5.84. The second-order valence-electron chi connectivity index (χ2n) is 8.56. The van der Waals surface area contributed by atoms with E-state index in [9.17, 15) is 14.0 Å². The minimum Gasteiger partial charge on any atom is -0.493 e. The number of rotatable bonds is 8. The van der Waals surface area contributed by atoms with Crippen LogP contribution >= 0.6 is 15.9 Å². The number of ether oxygens (including phenoxy) is 2. The summed E-state index contributed by atoms with van der Waals surface area (Å²) in [5.74, 6) is 0.229. The maximum atomic E-state index is 13.4. The number of anilines is 1. The Hall–Kier alpha value is -4.83. The van der Waals surface area contributed by atoms with Crippen molar-refractivity contribution < 1.29 is 18.7 Å². The maximum absolute atomic E-state index is 13.4. The van der Waals surface area contributed by atoms with Gasteiger partial charge in [0, 0.05) is 11.3 Å². The Morgan fingerprint density at radius 3 is 2.52 bits per heavy atom. The van der Waals surface area contributed by atoms with Crippen molar-refractivity contribution in [2.45, 2.75) is 0 Å². The van der Waals surface area contributed by atoms with Crippen molar-refractivity contribution in [2.24, 2.45) is 5.10 Å². The van der Waals surface area contributed by atoms with E-state index in [-0.39, 0.29) is 12.2 Å². The Bertz CT molecular complexity index is 1770. The number of nitrogens with zero attached hydrogens (tertiary/aromatic N) is 3. The van der Waals surface area contributed by atoms with Gasteiger partial charge < -0.3 is 14.8 Å². The van der Waals surface area contributed by atoms with E-state index in [1.165, 1.54) is 42.3 Å². The van der Waals surface area contributed by atoms with Crippen LogP contribution in [-0.2, 0) is 4.79 Å². The van der Waals surface area contributed by atoms with E-state index in [0.29, 0.717) is 43.9 Å². The summed E-state index contributed by atoms with van der Waals surface area (Å²) in [5, 5.41) is 7.57. The molecule has 0 saturated heterocycles. The first-order valence-corrected chi connectivity index (χ1v) is 12.9. The van der Waals surface area contributed by atoms with Crippen LogP contribution in [0.5, 0.6) is 11.5 Å². The van der Waals surface area contributed by atoms with Gasteiger partial charge in [-0.2, -0.15) is 9.78 Å². The first-order valence-electron chi connectivity index (χ1n) is 12.1. The monoisotopic (exact) mass is 600 g/mol. The molecule has 0 radical (unpaired) electrons. The van der Waals surface area contributed by atoms with Crippen LogP contribution in [0.25, 0.3) is 22.3 Å². The fraction of sp³-hybridized carbons (Fsp3) is 0.0667. The number of benzene rings is 4. The summed E-state index contributed by atoms with van der Waals surface area (Å²) in [4.78, 5) is 30.4. The molecule has 10 heteroatoms. The molecular weight excluding hydrogens is 579 g/mol.